The molecule has 0 N–H and O–H groups in total. The highest BCUT2D eigenvalue weighted by Crippen LogP contribution is 2.42. The summed E-state index contributed by atoms with van der Waals surface area (Å²) in [5.74, 6) is 0.427. The first-order valence-electron chi connectivity index (χ1n) is 10.2. The number of nitrogens with zero attached hydrogens (tertiary/aromatic N) is 4. The van der Waals surface area contributed by atoms with Crippen LogP contribution in [0.2, 0.25) is 5.02 Å². The normalized spacial score (nSPS) is 12.6. The van der Waals surface area contributed by atoms with Crippen LogP contribution in [0.3, 0.4) is 0 Å². The first-order valence-corrected chi connectivity index (χ1v) is 10.6. The van der Waals surface area contributed by atoms with Crippen LogP contribution in [0, 0.1) is 0 Å². The highest BCUT2D eigenvalue weighted by Gasteiger charge is 2.31. The molecule has 4 rings (SSSR count). The molecule has 2 heterocycles. The second-order valence-corrected chi connectivity index (χ2v) is 8.44. The third-order valence-corrected chi connectivity index (χ3v) is 5.53. The summed E-state index contributed by atoms with van der Waals surface area (Å²) in [6, 6.07) is 9.54. The smallest absolute Gasteiger partial charge is 0.390 e. The number of carbonyl (C=O) groups excluding carboxylic acids is 1. The van der Waals surface area contributed by atoms with Gasteiger partial charge in [0.1, 0.15) is 0 Å². The van der Waals surface area contributed by atoms with Crippen LogP contribution < -0.4 is 4.74 Å². The number of amides is 1. The summed E-state index contributed by atoms with van der Waals surface area (Å²) in [6.45, 7) is 7.92. The molecule has 6 nitrogen and oxygen atoms in total. The van der Waals surface area contributed by atoms with Gasteiger partial charge in [-0.15, -0.1) is 0 Å². The molecule has 1 aromatic carbocycles. The van der Waals surface area contributed by atoms with Gasteiger partial charge >= 0.3 is 6.09 Å². The van der Waals surface area contributed by atoms with Crippen molar-refractivity contribution in [2.24, 2.45) is 0 Å². The van der Waals surface area contributed by atoms with Gasteiger partial charge in [-0.1, -0.05) is 17.7 Å². The molecule has 0 atom stereocenters. The lowest BCUT2D eigenvalue weighted by atomic mass is 9.90. The molecular formula is C23H25ClN4O2. The van der Waals surface area contributed by atoms with Crippen LogP contribution in [0.4, 0.5) is 4.79 Å². The Hall–Kier alpha value is -2.86. The number of fused-ring (bicyclic) bond motifs is 3. The van der Waals surface area contributed by atoms with Gasteiger partial charge in [-0.25, -0.2) is 4.79 Å². The minimum absolute atomic E-state index is 0.0108. The van der Waals surface area contributed by atoms with Crippen LogP contribution in [-0.4, -0.2) is 37.8 Å². The van der Waals surface area contributed by atoms with Gasteiger partial charge < -0.3 is 9.64 Å². The molecule has 1 aliphatic carbocycles. The maximum atomic E-state index is 13.2. The second-order valence-electron chi connectivity index (χ2n) is 8.01. The van der Waals surface area contributed by atoms with E-state index in [1.54, 1.807) is 22.0 Å². The Kier molecular flexibility index (Phi) is 5.52. The van der Waals surface area contributed by atoms with Crippen LogP contribution >= 0.6 is 11.6 Å². The Morgan fingerprint density at radius 2 is 1.80 bits per heavy atom. The zero-order chi connectivity index (χ0) is 21.4. The van der Waals surface area contributed by atoms with E-state index < -0.39 is 0 Å². The van der Waals surface area contributed by atoms with Gasteiger partial charge in [-0.2, -0.15) is 9.78 Å². The summed E-state index contributed by atoms with van der Waals surface area (Å²) in [7, 11) is 0. The van der Waals surface area contributed by atoms with Crippen molar-refractivity contribution in [2.75, 3.05) is 0 Å². The molecular weight excluding hydrogens is 400 g/mol. The third kappa shape index (κ3) is 3.67. The van der Waals surface area contributed by atoms with E-state index in [0.717, 1.165) is 40.9 Å². The lowest BCUT2D eigenvalue weighted by Crippen LogP contribution is -2.44. The molecule has 0 saturated carbocycles. The Morgan fingerprint density at radius 1 is 1.10 bits per heavy atom. The minimum Gasteiger partial charge on any atom is -0.390 e. The van der Waals surface area contributed by atoms with Crippen molar-refractivity contribution < 1.29 is 9.53 Å². The van der Waals surface area contributed by atoms with E-state index in [2.05, 4.69) is 4.98 Å². The van der Waals surface area contributed by atoms with E-state index in [4.69, 9.17) is 21.4 Å². The fraction of sp³-hybridized carbons (Fsp3) is 0.348. The van der Waals surface area contributed by atoms with E-state index in [-0.39, 0.29) is 18.2 Å². The molecule has 2 aromatic heterocycles. The molecule has 0 saturated heterocycles. The zero-order valence-electron chi connectivity index (χ0n) is 17.6. The Morgan fingerprint density at radius 3 is 2.47 bits per heavy atom. The Labute approximate surface area is 181 Å². The molecule has 0 bridgehead atoms. The topological polar surface area (TPSA) is 60.3 Å². The van der Waals surface area contributed by atoms with Crippen LogP contribution in [-0.2, 0) is 12.8 Å². The van der Waals surface area contributed by atoms with E-state index in [1.165, 1.54) is 0 Å². The molecule has 7 heteroatoms. The van der Waals surface area contributed by atoms with Crippen molar-refractivity contribution in [3.8, 4) is 22.7 Å². The maximum absolute atomic E-state index is 13.2. The number of rotatable bonds is 4. The Balaban J connectivity index is 1.87. The van der Waals surface area contributed by atoms with Crippen LogP contribution in [0.5, 0.6) is 5.88 Å². The minimum atomic E-state index is -0.390. The SMILES string of the molecule is CC(C)N(C(=O)Oc1c2c(nn1-c1ccncc1)CCc1cc(Cl)ccc1-2)C(C)C. The van der Waals surface area contributed by atoms with Gasteiger partial charge in [0, 0.05) is 29.5 Å². The third-order valence-electron chi connectivity index (χ3n) is 5.30. The number of aryl methyl sites for hydroxylation is 2. The Bertz CT molecular complexity index is 1070. The van der Waals surface area contributed by atoms with Gasteiger partial charge in [0.05, 0.1) is 16.9 Å². The lowest BCUT2D eigenvalue weighted by Gasteiger charge is -2.29. The van der Waals surface area contributed by atoms with Crippen molar-refractivity contribution in [2.45, 2.75) is 52.6 Å². The van der Waals surface area contributed by atoms with Crippen molar-refractivity contribution in [1.82, 2.24) is 19.7 Å². The predicted molar refractivity (Wildman–Crippen MR) is 117 cm³/mol. The van der Waals surface area contributed by atoms with Gasteiger partial charge in [-0.05, 0) is 75.9 Å². The van der Waals surface area contributed by atoms with Crippen molar-refractivity contribution in [3.05, 3.63) is 59.0 Å². The van der Waals surface area contributed by atoms with E-state index in [0.29, 0.717) is 10.9 Å². The number of aromatic nitrogens is 3. The zero-order valence-corrected chi connectivity index (χ0v) is 18.3. The van der Waals surface area contributed by atoms with Gasteiger partial charge in [0.15, 0.2) is 0 Å². The molecule has 1 aliphatic rings. The van der Waals surface area contributed by atoms with Gasteiger partial charge in [-0.3, -0.25) is 4.98 Å². The maximum Gasteiger partial charge on any atom is 0.417 e. The summed E-state index contributed by atoms with van der Waals surface area (Å²) >= 11 is 6.22. The second kappa shape index (κ2) is 8.11. The average Bonchev–Trinajstić information content (AvgIpc) is 3.06. The summed E-state index contributed by atoms with van der Waals surface area (Å²) < 4.78 is 7.75. The molecule has 0 fully saturated rings. The summed E-state index contributed by atoms with van der Waals surface area (Å²) in [6.07, 6.45) is 4.60. The molecule has 3 aromatic rings. The predicted octanol–water partition coefficient (Wildman–Crippen LogP) is 5.30. The largest absolute Gasteiger partial charge is 0.417 e. The molecule has 156 valence electrons. The summed E-state index contributed by atoms with van der Waals surface area (Å²) in [5, 5.41) is 5.50. The fourth-order valence-corrected chi connectivity index (χ4v) is 4.26. The number of pyridine rings is 1. The van der Waals surface area contributed by atoms with Crippen molar-refractivity contribution in [1.29, 1.82) is 0 Å². The summed E-state index contributed by atoms with van der Waals surface area (Å²) in [5.41, 5.74) is 4.68. The molecule has 0 spiro atoms. The highest BCUT2D eigenvalue weighted by atomic mass is 35.5. The number of benzene rings is 1. The number of hydrogen-bond donors (Lipinski definition) is 0. The van der Waals surface area contributed by atoms with Crippen LogP contribution in [0.1, 0.15) is 39.0 Å². The fourth-order valence-electron chi connectivity index (χ4n) is 4.07. The van der Waals surface area contributed by atoms with E-state index in [9.17, 15) is 4.79 Å². The van der Waals surface area contributed by atoms with Crippen molar-refractivity contribution in [3.63, 3.8) is 0 Å². The van der Waals surface area contributed by atoms with Crippen LogP contribution in [0.15, 0.2) is 42.7 Å². The molecule has 30 heavy (non-hydrogen) atoms. The highest BCUT2D eigenvalue weighted by molar-refractivity contribution is 6.30. The molecule has 0 unspecified atom stereocenters. The van der Waals surface area contributed by atoms with Gasteiger partial charge in [0.2, 0.25) is 5.88 Å². The first kappa shape index (κ1) is 20.4. The van der Waals surface area contributed by atoms with Crippen LogP contribution in [0.25, 0.3) is 16.8 Å². The number of hydrogen-bond acceptors (Lipinski definition) is 4. The summed E-state index contributed by atoms with van der Waals surface area (Å²) in [4.78, 5) is 19.0. The van der Waals surface area contributed by atoms with E-state index >= 15 is 0 Å². The molecule has 0 aliphatic heterocycles. The molecule has 1 amide bonds. The molecule has 0 radical (unpaired) electrons. The van der Waals surface area contributed by atoms with Gasteiger partial charge in [0.25, 0.3) is 0 Å². The number of ether oxygens (including phenoxy) is 1. The monoisotopic (exact) mass is 424 g/mol. The number of carbonyl (C=O) groups is 1. The number of halogens is 1. The lowest BCUT2D eigenvalue weighted by molar-refractivity contribution is 0.120. The quantitative estimate of drug-likeness (QED) is 0.569. The standard InChI is InChI=1S/C23H25ClN4O2/c1-14(2)27(15(3)4)23(29)30-22-21-19-7-6-17(24)13-16(19)5-8-20(21)26-28(22)18-9-11-25-12-10-18/h6-7,9-15H,5,8H2,1-4H3. The first-order chi connectivity index (χ1) is 14.4. The average molecular weight is 425 g/mol. The van der Waals surface area contributed by atoms with Crippen molar-refractivity contribution >= 4 is 17.7 Å². The van der Waals surface area contributed by atoms with E-state index in [1.807, 2.05) is 58.0 Å².